The first-order valence-corrected chi connectivity index (χ1v) is 1.12. The molecule has 0 atom stereocenters. The van der Waals surface area contributed by atoms with Gasteiger partial charge in [0.2, 0.25) is 0 Å². The molecular formula is C5H12O2. The van der Waals surface area contributed by atoms with Crippen molar-refractivity contribution in [1.29, 1.82) is 0 Å². The minimum Gasteiger partial charge on any atom is -0.478 e. The summed E-state index contributed by atoms with van der Waals surface area (Å²) >= 11 is 0. The summed E-state index contributed by atoms with van der Waals surface area (Å²) in [4.78, 5) is 9.25. The highest BCUT2D eigenvalue weighted by Crippen LogP contribution is 1.54. The molecule has 0 heterocycles. The van der Waals surface area contributed by atoms with Crippen molar-refractivity contribution in [3.05, 3.63) is 12.7 Å². The van der Waals surface area contributed by atoms with Crippen LogP contribution in [0.2, 0.25) is 0 Å². The molecule has 7 heavy (non-hydrogen) atoms. The summed E-state index contributed by atoms with van der Waals surface area (Å²) in [5.74, 6) is -0.981. The van der Waals surface area contributed by atoms with E-state index in [-0.39, 0.29) is 14.9 Å². The fraction of sp³-hybridized carbons (Fsp3) is 0.400. The van der Waals surface area contributed by atoms with E-state index in [0.717, 1.165) is 6.08 Å². The van der Waals surface area contributed by atoms with Crippen LogP contribution in [0.15, 0.2) is 12.7 Å². The fourth-order valence-electron chi connectivity index (χ4n) is 0. The molecule has 0 radical (unpaired) electrons. The van der Waals surface area contributed by atoms with Crippen LogP contribution in [-0.2, 0) is 4.79 Å². The highest BCUT2D eigenvalue weighted by molar-refractivity contribution is 5.78. The van der Waals surface area contributed by atoms with Crippen molar-refractivity contribution in [2.24, 2.45) is 0 Å². The van der Waals surface area contributed by atoms with Crippen LogP contribution in [0.25, 0.3) is 0 Å². The topological polar surface area (TPSA) is 37.3 Å². The van der Waals surface area contributed by atoms with Crippen molar-refractivity contribution in [3.63, 3.8) is 0 Å². The molecule has 1 N–H and O–H groups in total. The van der Waals surface area contributed by atoms with Gasteiger partial charge in [0.05, 0.1) is 0 Å². The first kappa shape index (κ1) is 16.4. The number of hydrogen-bond acceptors (Lipinski definition) is 1. The Hall–Kier alpha value is -0.790. The smallest absolute Gasteiger partial charge is 0.327 e. The van der Waals surface area contributed by atoms with Crippen LogP contribution in [0, 0.1) is 0 Å². The third-order valence-electron chi connectivity index (χ3n) is 0.175. The molecule has 0 aromatic heterocycles. The number of aliphatic carboxylic acids is 1. The summed E-state index contributed by atoms with van der Waals surface area (Å²) in [6, 6.07) is 0. The van der Waals surface area contributed by atoms with Gasteiger partial charge in [0, 0.05) is 6.08 Å². The molecule has 0 saturated carbocycles. The Balaban J connectivity index is -0.0000000800. The summed E-state index contributed by atoms with van der Waals surface area (Å²) in [6.45, 7) is 2.96. The van der Waals surface area contributed by atoms with E-state index in [2.05, 4.69) is 6.58 Å². The summed E-state index contributed by atoms with van der Waals surface area (Å²) < 4.78 is 0. The van der Waals surface area contributed by atoms with E-state index in [1.807, 2.05) is 0 Å². The average molecular weight is 104 g/mol. The van der Waals surface area contributed by atoms with Crippen molar-refractivity contribution in [2.75, 3.05) is 0 Å². The third-order valence-corrected chi connectivity index (χ3v) is 0.175. The van der Waals surface area contributed by atoms with Crippen LogP contribution >= 0.6 is 0 Å². The van der Waals surface area contributed by atoms with Gasteiger partial charge in [0.1, 0.15) is 0 Å². The molecule has 2 nitrogen and oxygen atoms in total. The lowest BCUT2D eigenvalue weighted by Crippen LogP contribution is -1.82. The highest BCUT2D eigenvalue weighted by atomic mass is 16.4. The Morgan fingerprint density at radius 3 is 1.71 bits per heavy atom. The second kappa shape index (κ2) is 8.96. The lowest BCUT2D eigenvalue weighted by Gasteiger charge is -1.64. The van der Waals surface area contributed by atoms with Crippen molar-refractivity contribution in [3.8, 4) is 0 Å². The number of carboxylic acid groups (broad SMARTS) is 1. The van der Waals surface area contributed by atoms with E-state index < -0.39 is 5.97 Å². The fourth-order valence-corrected chi connectivity index (χ4v) is 0. The zero-order chi connectivity index (χ0) is 4.28. The van der Waals surface area contributed by atoms with Gasteiger partial charge in [-0.15, -0.1) is 0 Å². The maximum atomic E-state index is 9.25. The van der Waals surface area contributed by atoms with Gasteiger partial charge in [-0.2, -0.15) is 0 Å². The van der Waals surface area contributed by atoms with Crippen LogP contribution in [0.4, 0.5) is 0 Å². The molecule has 0 aliphatic carbocycles. The minimum atomic E-state index is -0.981. The molecular weight excluding hydrogens is 92.1 g/mol. The Bertz CT molecular complexity index is 57.1. The molecule has 0 aliphatic heterocycles. The summed E-state index contributed by atoms with van der Waals surface area (Å²) in [5, 5.41) is 7.60. The van der Waals surface area contributed by atoms with E-state index >= 15 is 0 Å². The van der Waals surface area contributed by atoms with E-state index in [1.165, 1.54) is 0 Å². The highest BCUT2D eigenvalue weighted by Gasteiger charge is 1.73. The predicted octanol–water partition coefficient (Wildman–Crippen LogP) is 1.53. The van der Waals surface area contributed by atoms with Gasteiger partial charge in [-0.05, 0) is 0 Å². The third kappa shape index (κ3) is 36.7. The minimum absolute atomic E-state index is 0. The van der Waals surface area contributed by atoms with E-state index in [4.69, 9.17) is 5.11 Å². The lowest BCUT2D eigenvalue weighted by molar-refractivity contribution is -0.131. The van der Waals surface area contributed by atoms with Gasteiger partial charge < -0.3 is 5.11 Å². The number of carboxylic acids is 1. The zero-order valence-corrected chi connectivity index (χ0v) is 2.64. The van der Waals surface area contributed by atoms with Gasteiger partial charge in [-0.3, -0.25) is 0 Å². The zero-order valence-electron chi connectivity index (χ0n) is 2.64. The van der Waals surface area contributed by atoms with Crippen molar-refractivity contribution < 1.29 is 9.90 Å². The van der Waals surface area contributed by atoms with Crippen LogP contribution in [0.1, 0.15) is 14.9 Å². The van der Waals surface area contributed by atoms with Crippen LogP contribution in [0.3, 0.4) is 0 Å². The van der Waals surface area contributed by atoms with Gasteiger partial charge in [0.25, 0.3) is 0 Å². The molecule has 0 bridgehead atoms. The SMILES string of the molecule is C.C.C=CC(=O)O. The van der Waals surface area contributed by atoms with Crippen LogP contribution in [0.5, 0.6) is 0 Å². The molecule has 0 aliphatic rings. The summed E-state index contributed by atoms with van der Waals surface area (Å²) in [6.07, 6.45) is 0.833. The molecule has 0 rings (SSSR count). The van der Waals surface area contributed by atoms with Crippen LogP contribution in [-0.4, -0.2) is 11.1 Å². The van der Waals surface area contributed by atoms with Gasteiger partial charge in [-0.1, -0.05) is 21.4 Å². The first-order valence-electron chi connectivity index (χ1n) is 1.12. The van der Waals surface area contributed by atoms with Crippen molar-refractivity contribution in [1.82, 2.24) is 0 Å². The summed E-state index contributed by atoms with van der Waals surface area (Å²) in [7, 11) is 0. The molecule has 0 unspecified atom stereocenters. The molecule has 0 saturated heterocycles. The standard InChI is InChI=1S/C3H4O2.2CH4/c1-2-3(4)5;;/h2H,1H2,(H,4,5);2*1H4. The Labute approximate surface area is 44.5 Å². The maximum Gasteiger partial charge on any atom is 0.327 e. The van der Waals surface area contributed by atoms with E-state index in [0.29, 0.717) is 0 Å². The Morgan fingerprint density at radius 2 is 1.71 bits per heavy atom. The Morgan fingerprint density at radius 1 is 1.57 bits per heavy atom. The predicted molar refractivity (Wildman–Crippen MR) is 31.3 cm³/mol. The number of hydrogen-bond donors (Lipinski definition) is 1. The molecule has 0 aromatic rings. The second-order valence-corrected chi connectivity index (χ2v) is 0.542. The largest absolute Gasteiger partial charge is 0.478 e. The van der Waals surface area contributed by atoms with Crippen LogP contribution < -0.4 is 0 Å². The molecule has 0 fully saturated rings. The summed E-state index contributed by atoms with van der Waals surface area (Å²) in [5.41, 5.74) is 0. The first-order chi connectivity index (χ1) is 2.27. The second-order valence-electron chi connectivity index (χ2n) is 0.542. The van der Waals surface area contributed by atoms with Crippen molar-refractivity contribution in [2.45, 2.75) is 14.9 Å². The van der Waals surface area contributed by atoms with Gasteiger partial charge >= 0.3 is 5.97 Å². The van der Waals surface area contributed by atoms with E-state index in [1.54, 1.807) is 0 Å². The molecule has 44 valence electrons. The Kier molecular flexibility index (Phi) is 20.9. The molecule has 0 aromatic carbocycles. The average Bonchev–Trinajstić information content (AvgIpc) is 1.38. The number of rotatable bonds is 1. The van der Waals surface area contributed by atoms with Gasteiger partial charge in [0.15, 0.2) is 0 Å². The monoisotopic (exact) mass is 104 g/mol. The molecule has 2 heteroatoms. The van der Waals surface area contributed by atoms with Gasteiger partial charge in [-0.25, -0.2) is 4.79 Å². The normalized spacial score (nSPS) is 4.57. The quantitative estimate of drug-likeness (QED) is 0.512. The molecule has 0 amide bonds. The number of carbonyl (C=O) groups is 1. The van der Waals surface area contributed by atoms with E-state index in [9.17, 15) is 4.79 Å². The molecule has 0 spiro atoms. The maximum absolute atomic E-state index is 9.25. The lowest BCUT2D eigenvalue weighted by atomic mass is 10.7. The van der Waals surface area contributed by atoms with Crippen molar-refractivity contribution >= 4 is 5.97 Å².